The molecule has 2 saturated heterocycles. The number of hydrogen-bond acceptors (Lipinski definition) is 4. The van der Waals surface area contributed by atoms with E-state index in [1.807, 2.05) is 12.3 Å². The second-order valence-electron chi connectivity index (χ2n) is 7.58. The van der Waals surface area contributed by atoms with Crippen LogP contribution in [0, 0.1) is 11.8 Å². The fourth-order valence-electron chi connectivity index (χ4n) is 3.97. The van der Waals surface area contributed by atoms with Gasteiger partial charge < -0.3 is 9.80 Å². The number of carbonyl (C=O) groups is 1. The summed E-state index contributed by atoms with van der Waals surface area (Å²) in [5.74, 6) is 2.24. The number of anilines is 1. The summed E-state index contributed by atoms with van der Waals surface area (Å²) in [6.45, 7) is 11.4. The summed E-state index contributed by atoms with van der Waals surface area (Å²) in [6, 6.07) is 6.12. The van der Waals surface area contributed by atoms with Crippen molar-refractivity contribution in [2.75, 3.05) is 50.7 Å². The summed E-state index contributed by atoms with van der Waals surface area (Å²) in [7, 11) is 0. The van der Waals surface area contributed by atoms with Crippen molar-refractivity contribution < 1.29 is 4.79 Å². The number of amides is 1. The Morgan fingerprint density at radius 2 is 2.04 bits per heavy atom. The molecule has 1 aromatic heterocycles. The van der Waals surface area contributed by atoms with Crippen molar-refractivity contribution in [1.82, 2.24) is 14.8 Å². The molecule has 0 N–H and O–H groups in total. The predicted molar refractivity (Wildman–Crippen MR) is 102 cm³/mol. The van der Waals surface area contributed by atoms with Gasteiger partial charge in [-0.05, 0) is 37.3 Å². The Balaban J connectivity index is 1.46. The van der Waals surface area contributed by atoms with Crippen LogP contribution in [0.5, 0.6) is 0 Å². The second kappa shape index (κ2) is 8.65. The summed E-state index contributed by atoms with van der Waals surface area (Å²) in [5, 5.41) is 0. The minimum Gasteiger partial charge on any atom is -0.354 e. The van der Waals surface area contributed by atoms with E-state index in [2.05, 4.69) is 45.7 Å². The van der Waals surface area contributed by atoms with Gasteiger partial charge in [0.25, 0.3) is 0 Å². The maximum absolute atomic E-state index is 12.5. The van der Waals surface area contributed by atoms with Crippen LogP contribution in [-0.4, -0.2) is 66.5 Å². The van der Waals surface area contributed by atoms with Crippen molar-refractivity contribution in [1.29, 1.82) is 0 Å². The van der Waals surface area contributed by atoms with E-state index in [4.69, 9.17) is 0 Å². The first-order chi connectivity index (χ1) is 12.2. The minimum atomic E-state index is 0.167. The molecule has 3 rings (SSSR count). The Morgan fingerprint density at radius 1 is 1.24 bits per heavy atom. The van der Waals surface area contributed by atoms with Crippen molar-refractivity contribution in [3.05, 3.63) is 24.4 Å². The Labute approximate surface area is 152 Å². The first-order valence-electron chi connectivity index (χ1n) is 9.84. The number of likely N-dealkylation sites (tertiary alicyclic amines) is 1. The Hall–Kier alpha value is -1.62. The molecule has 1 aromatic rings. The average molecular weight is 345 g/mol. The number of nitrogens with zero attached hydrogens (tertiary/aromatic N) is 4. The molecular weight excluding hydrogens is 312 g/mol. The molecule has 0 radical (unpaired) electrons. The van der Waals surface area contributed by atoms with Crippen LogP contribution in [0.15, 0.2) is 24.4 Å². The van der Waals surface area contributed by atoms with Gasteiger partial charge in [0.1, 0.15) is 5.82 Å². The largest absolute Gasteiger partial charge is 0.354 e. The first kappa shape index (κ1) is 18.2. The number of hydrogen-bond donors (Lipinski definition) is 0. The van der Waals surface area contributed by atoms with Gasteiger partial charge >= 0.3 is 0 Å². The first-order valence-corrected chi connectivity index (χ1v) is 9.84. The minimum absolute atomic E-state index is 0.167. The molecule has 3 heterocycles. The molecule has 5 nitrogen and oxygen atoms in total. The molecule has 25 heavy (non-hydrogen) atoms. The van der Waals surface area contributed by atoms with E-state index < -0.39 is 0 Å². The molecule has 2 aliphatic heterocycles. The average Bonchev–Trinajstić information content (AvgIpc) is 2.68. The van der Waals surface area contributed by atoms with Crippen molar-refractivity contribution in [2.45, 2.75) is 33.1 Å². The number of aromatic nitrogens is 1. The molecule has 2 aliphatic rings. The number of pyridine rings is 1. The molecule has 0 unspecified atom stereocenters. The number of carbonyl (C=O) groups excluding carboxylic acids is 1. The van der Waals surface area contributed by atoms with Crippen LogP contribution in [-0.2, 0) is 4.79 Å². The standard InChI is InChI=1S/C20H32N4O/c1-3-17(2)20(25)24-10-6-7-18(16-24)15-22-11-13-23(14-12-22)19-8-4-5-9-21-19/h4-5,8-9,17-18H,3,6-7,10-16H2,1-2H3/t17-,18-/m0/s1. The zero-order valence-electron chi connectivity index (χ0n) is 15.7. The lowest BCUT2D eigenvalue weighted by atomic mass is 9.95. The topological polar surface area (TPSA) is 39.7 Å². The lowest BCUT2D eigenvalue weighted by molar-refractivity contribution is -0.137. The van der Waals surface area contributed by atoms with Crippen LogP contribution in [0.4, 0.5) is 5.82 Å². The van der Waals surface area contributed by atoms with Crippen LogP contribution in [0.3, 0.4) is 0 Å². The maximum Gasteiger partial charge on any atom is 0.225 e. The second-order valence-corrected chi connectivity index (χ2v) is 7.58. The van der Waals surface area contributed by atoms with Crippen LogP contribution >= 0.6 is 0 Å². The van der Waals surface area contributed by atoms with E-state index >= 15 is 0 Å². The highest BCUT2D eigenvalue weighted by molar-refractivity contribution is 5.78. The Kier molecular flexibility index (Phi) is 6.29. The number of rotatable bonds is 5. The zero-order chi connectivity index (χ0) is 17.6. The summed E-state index contributed by atoms with van der Waals surface area (Å²) in [5.41, 5.74) is 0. The third-order valence-electron chi connectivity index (χ3n) is 5.73. The van der Waals surface area contributed by atoms with Gasteiger partial charge in [-0.3, -0.25) is 9.69 Å². The highest BCUT2D eigenvalue weighted by atomic mass is 16.2. The Bertz CT molecular complexity index is 542. The van der Waals surface area contributed by atoms with Gasteiger partial charge in [-0.25, -0.2) is 4.98 Å². The third-order valence-corrected chi connectivity index (χ3v) is 5.73. The summed E-state index contributed by atoms with van der Waals surface area (Å²) in [4.78, 5) is 24.0. The summed E-state index contributed by atoms with van der Waals surface area (Å²) in [6.07, 6.45) is 5.22. The van der Waals surface area contributed by atoms with Gasteiger partial charge in [0.2, 0.25) is 5.91 Å². The quantitative estimate of drug-likeness (QED) is 0.823. The zero-order valence-corrected chi connectivity index (χ0v) is 15.7. The highest BCUT2D eigenvalue weighted by Gasteiger charge is 2.28. The highest BCUT2D eigenvalue weighted by Crippen LogP contribution is 2.21. The van der Waals surface area contributed by atoms with Crippen molar-refractivity contribution in [3.63, 3.8) is 0 Å². The van der Waals surface area contributed by atoms with Gasteiger partial charge in [-0.1, -0.05) is 19.9 Å². The van der Waals surface area contributed by atoms with Gasteiger partial charge in [0.05, 0.1) is 0 Å². The van der Waals surface area contributed by atoms with Crippen LogP contribution in [0.1, 0.15) is 33.1 Å². The molecule has 0 saturated carbocycles. The molecule has 2 fully saturated rings. The lowest BCUT2D eigenvalue weighted by Crippen LogP contribution is -2.50. The van der Waals surface area contributed by atoms with E-state index in [9.17, 15) is 4.79 Å². The normalized spacial score (nSPS) is 23.5. The molecule has 5 heteroatoms. The van der Waals surface area contributed by atoms with Crippen molar-refractivity contribution >= 4 is 11.7 Å². The lowest BCUT2D eigenvalue weighted by Gasteiger charge is -2.40. The maximum atomic E-state index is 12.5. The molecule has 1 amide bonds. The van der Waals surface area contributed by atoms with E-state index in [-0.39, 0.29) is 5.92 Å². The van der Waals surface area contributed by atoms with Gasteiger partial charge in [0.15, 0.2) is 0 Å². The van der Waals surface area contributed by atoms with E-state index in [1.54, 1.807) is 0 Å². The summed E-state index contributed by atoms with van der Waals surface area (Å²) >= 11 is 0. The van der Waals surface area contributed by atoms with Crippen LogP contribution < -0.4 is 4.90 Å². The number of piperazine rings is 1. The summed E-state index contributed by atoms with van der Waals surface area (Å²) < 4.78 is 0. The molecule has 0 spiro atoms. The predicted octanol–water partition coefficient (Wildman–Crippen LogP) is 2.49. The molecule has 0 aromatic carbocycles. The van der Waals surface area contributed by atoms with Gasteiger partial charge in [-0.2, -0.15) is 0 Å². The Morgan fingerprint density at radius 3 is 2.72 bits per heavy atom. The van der Waals surface area contributed by atoms with Crippen LogP contribution in [0.2, 0.25) is 0 Å². The van der Waals surface area contributed by atoms with Crippen LogP contribution in [0.25, 0.3) is 0 Å². The fourth-order valence-corrected chi connectivity index (χ4v) is 3.97. The van der Waals surface area contributed by atoms with E-state index in [1.165, 1.54) is 6.42 Å². The molecule has 138 valence electrons. The smallest absolute Gasteiger partial charge is 0.225 e. The molecule has 0 bridgehead atoms. The van der Waals surface area contributed by atoms with Gasteiger partial charge in [-0.15, -0.1) is 0 Å². The van der Waals surface area contributed by atoms with E-state index in [0.29, 0.717) is 11.8 Å². The van der Waals surface area contributed by atoms with Crippen molar-refractivity contribution in [2.24, 2.45) is 11.8 Å². The third kappa shape index (κ3) is 4.72. The fraction of sp³-hybridized carbons (Fsp3) is 0.700. The van der Waals surface area contributed by atoms with Gasteiger partial charge in [0, 0.05) is 57.9 Å². The van der Waals surface area contributed by atoms with E-state index in [0.717, 1.165) is 64.5 Å². The van der Waals surface area contributed by atoms with Crippen molar-refractivity contribution in [3.8, 4) is 0 Å². The molecule has 2 atom stereocenters. The SMILES string of the molecule is CC[C@H](C)C(=O)N1CCC[C@@H](CN2CCN(c3ccccn3)CC2)C1. The monoisotopic (exact) mass is 344 g/mol. The number of piperidine rings is 1. The molecular formula is C20H32N4O. The molecule has 0 aliphatic carbocycles.